The highest BCUT2D eigenvalue weighted by molar-refractivity contribution is 4.95. The molecule has 0 unspecified atom stereocenters. The quantitative estimate of drug-likeness (QED) is 0.550. The zero-order valence-electron chi connectivity index (χ0n) is 6.43. The Kier molecular flexibility index (Phi) is 2.46. The van der Waals surface area contributed by atoms with Crippen molar-refractivity contribution in [3.63, 3.8) is 0 Å². The summed E-state index contributed by atoms with van der Waals surface area (Å²) in [6, 6.07) is 0. The van der Waals surface area contributed by atoms with E-state index in [2.05, 4.69) is 11.9 Å². The van der Waals surface area contributed by atoms with Crippen molar-refractivity contribution >= 4 is 0 Å². The van der Waals surface area contributed by atoms with Gasteiger partial charge in [-0.2, -0.15) is 0 Å². The van der Waals surface area contributed by atoms with E-state index in [9.17, 15) is 5.11 Å². The van der Waals surface area contributed by atoms with Crippen molar-refractivity contribution in [2.75, 3.05) is 13.1 Å². The van der Waals surface area contributed by atoms with E-state index in [0.717, 1.165) is 25.1 Å². The van der Waals surface area contributed by atoms with Crippen LogP contribution in [0.4, 0.5) is 0 Å². The molecule has 58 valence electrons. The molecule has 2 N–H and O–H groups in total. The Hall–Kier alpha value is -0.340. The number of β-amino-alcohol motifs (C(OH)–C–C–N with tert-alkyl or cyclic N) is 1. The lowest BCUT2D eigenvalue weighted by molar-refractivity contribution is 0.147. The molecule has 2 atom stereocenters. The van der Waals surface area contributed by atoms with Gasteiger partial charge in [-0.25, -0.2) is 0 Å². The maximum atomic E-state index is 9.33. The largest absolute Gasteiger partial charge is 0.391 e. The van der Waals surface area contributed by atoms with E-state index in [1.165, 1.54) is 0 Å². The van der Waals surface area contributed by atoms with Crippen molar-refractivity contribution in [1.29, 1.82) is 0 Å². The van der Waals surface area contributed by atoms with Gasteiger partial charge < -0.3 is 10.4 Å². The van der Waals surface area contributed by atoms with Crippen LogP contribution in [-0.2, 0) is 0 Å². The van der Waals surface area contributed by atoms with Crippen LogP contribution < -0.4 is 5.32 Å². The molecule has 1 saturated heterocycles. The van der Waals surface area contributed by atoms with Crippen molar-refractivity contribution in [3.05, 3.63) is 12.2 Å². The second-order valence-corrected chi connectivity index (χ2v) is 3.15. The van der Waals surface area contributed by atoms with Gasteiger partial charge in [0.2, 0.25) is 0 Å². The lowest BCUT2D eigenvalue weighted by atomic mass is 9.98. The number of nitrogens with one attached hydrogen (secondary N) is 1. The number of allylic oxidation sites excluding steroid dienone is 1. The average Bonchev–Trinajstić information content (AvgIpc) is 2.15. The van der Waals surface area contributed by atoms with Crippen molar-refractivity contribution in [1.82, 2.24) is 5.32 Å². The van der Waals surface area contributed by atoms with Gasteiger partial charge >= 0.3 is 0 Å². The monoisotopic (exact) mass is 141 g/mol. The lowest BCUT2D eigenvalue weighted by Gasteiger charge is -2.11. The molecule has 1 heterocycles. The Morgan fingerprint density at radius 2 is 2.40 bits per heavy atom. The normalized spacial score (nSPS) is 32.6. The van der Waals surface area contributed by atoms with Gasteiger partial charge in [-0.3, -0.25) is 0 Å². The first-order valence-corrected chi connectivity index (χ1v) is 3.73. The third-order valence-corrected chi connectivity index (χ3v) is 1.91. The number of hydrogen-bond donors (Lipinski definition) is 2. The zero-order valence-corrected chi connectivity index (χ0v) is 6.43. The molecule has 0 aromatic carbocycles. The summed E-state index contributed by atoms with van der Waals surface area (Å²) < 4.78 is 0. The fourth-order valence-corrected chi connectivity index (χ4v) is 1.38. The molecule has 0 radical (unpaired) electrons. The summed E-state index contributed by atoms with van der Waals surface area (Å²) in [6.07, 6.45) is 0.797. The van der Waals surface area contributed by atoms with Crippen molar-refractivity contribution < 1.29 is 5.11 Å². The van der Waals surface area contributed by atoms with Crippen LogP contribution >= 0.6 is 0 Å². The average molecular weight is 141 g/mol. The van der Waals surface area contributed by atoms with E-state index in [1.54, 1.807) is 0 Å². The van der Waals surface area contributed by atoms with Crippen LogP contribution in [0.15, 0.2) is 12.2 Å². The first kappa shape index (κ1) is 7.76. The smallest absolute Gasteiger partial charge is 0.0707 e. The Labute approximate surface area is 61.9 Å². The van der Waals surface area contributed by atoms with Gasteiger partial charge in [0.15, 0.2) is 0 Å². The first-order chi connectivity index (χ1) is 4.70. The summed E-state index contributed by atoms with van der Waals surface area (Å²) in [4.78, 5) is 0. The molecule has 0 saturated carbocycles. The first-order valence-electron chi connectivity index (χ1n) is 3.73. The lowest BCUT2D eigenvalue weighted by Crippen LogP contribution is -2.17. The number of aliphatic hydroxyl groups excluding tert-OH is 1. The van der Waals surface area contributed by atoms with E-state index in [4.69, 9.17) is 0 Å². The SMILES string of the molecule is C=C(C)C[C@@H]1CNC[C@H]1O. The van der Waals surface area contributed by atoms with Crippen molar-refractivity contribution in [2.24, 2.45) is 5.92 Å². The molecule has 1 rings (SSSR count). The Morgan fingerprint density at radius 1 is 1.70 bits per heavy atom. The molecule has 0 amide bonds. The highest BCUT2D eigenvalue weighted by atomic mass is 16.3. The maximum absolute atomic E-state index is 9.33. The zero-order chi connectivity index (χ0) is 7.56. The van der Waals surface area contributed by atoms with Crippen LogP contribution in [0.3, 0.4) is 0 Å². The van der Waals surface area contributed by atoms with Crippen LogP contribution in [0, 0.1) is 5.92 Å². The predicted octanol–water partition coefficient (Wildman–Crippen LogP) is 0.533. The van der Waals surface area contributed by atoms with E-state index in [1.807, 2.05) is 6.92 Å². The fraction of sp³-hybridized carbons (Fsp3) is 0.750. The maximum Gasteiger partial charge on any atom is 0.0707 e. The van der Waals surface area contributed by atoms with E-state index in [0.29, 0.717) is 5.92 Å². The number of rotatable bonds is 2. The van der Waals surface area contributed by atoms with E-state index >= 15 is 0 Å². The Balaban J connectivity index is 2.33. The highest BCUT2D eigenvalue weighted by Gasteiger charge is 2.23. The minimum Gasteiger partial charge on any atom is -0.391 e. The van der Waals surface area contributed by atoms with Crippen molar-refractivity contribution in [2.45, 2.75) is 19.4 Å². The van der Waals surface area contributed by atoms with Gasteiger partial charge in [-0.1, -0.05) is 5.57 Å². The van der Waals surface area contributed by atoms with Gasteiger partial charge in [0.25, 0.3) is 0 Å². The molecule has 2 nitrogen and oxygen atoms in total. The summed E-state index contributed by atoms with van der Waals surface area (Å²) in [5.41, 5.74) is 1.16. The minimum absolute atomic E-state index is 0.156. The molecule has 1 aliphatic rings. The summed E-state index contributed by atoms with van der Waals surface area (Å²) in [6.45, 7) is 7.51. The standard InChI is InChI=1S/C8H15NO/c1-6(2)3-7-4-9-5-8(7)10/h7-10H,1,3-5H2,2H3/t7-,8-/m1/s1. The van der Waals surface area contributed by atoms with Gasteiger partial charge in [0.1, 0.15) is 0 Å². The molecular formula is C8H15NO. The van der Waals surface area contributed by atoms with E-state index in [-0.39, 0.29) is 6.10 Å². The Bertz CT molecular complexity index is 133. The highest BCUT2D eigenvalue weighted by Crippen LogP contribution is 2.16. The molecule has 10 heavy (non-hydrogen) atoms. The van der Waals surface area contributed by atoms with E-state index < -0.39 is 0 Å². The van der Waals surface area contributed by atoms with Gasteiger partial charge in [0, 0.05) is 19.0 Å². The third-order valence-electron chi connectivity index (χ3n) is 1.91. The third kappa shape index (κ3) is 1.82. The second-order valence-electron chi connectivity index (χ2n) is 3.15. The van der Waals surface area contributed by atoms with Crippen LogP contribution in [-0.4, -0.2) is 24.3 Å². The molecule has 1 fully saturated rings. The van der Waals surface area contributed by atoms with Crippen molar-refractivity contribution in [3.8, 4) is 0 Å². The summed E-state index contributed by atoms with van der Waals surface area (Å²) in [5, 5.41) is 12.5. The second kappa shape index (κ2) is 3.17. The van der Waals surface area contributed by atoms with Gasteiger partial charge in [-0.15, -0.1) is 6.58 Å². The van der Waals surface area contributed by atoms with Gasteiger partial charge in [0.05, 0.1) is 6.10 Å². The predicted molar refractivity (Wildman–Crippen MR) is 41.8 cm³/mol. The molecule has 0 aliphatic carbocycles. The molecule has 0 bridgehead atoms. The van der Waals surface area contributed by atoms with Crippen LogP contribution in [0.5, 0.6) is 0 Å². The molecule has 2 heteroatoms. The molecule has 0 spiro atoms. The van der Waals surface area contributed by atoms with Crippen LogP contribution in [0.1, 0.15) is 13.3 Å². The molecular weight excluding hydrogens is 126 g/mol. The Morgan fingerprint density at radius 3 is 2.80 bits per heavy atom. The molecule has 0 aromatic rings. The van der Waals surface area contributed by atoms with Gasteiger partial charge in [-0.05, 0) is 13.3 Å². The topological polar surface area (TPSA) is 32.3 Å². The molecule has 1 aliphatic heterocycles. The fourth-order valence-electron chi connectivity index (χ4n) is 1.38. The minimum atomic E-state index is -0.156. The summed E-state index contributed by atoms with van der Waals surface area (Å²) >= 11 is 0. The summed E-state index contributed by atoms with van der Waals surface area (Å²) in [5.74, 6) is 0.400. The number of aliphatic hydroxyl groups is 1. The van der Waals surface area contributed by atoms with Crippen LogP contribution in [0.25, 0.3) is 0 Å². The summed E-state index contributed by atoms with van der Waals surface area (Å²) in [7, 11) is 0. The number of hydrogen-bond acceptors (Lipinski definition) is 2. The molecule has 0 aromatic heterocycles. The van der Waals surface area contributed by atoms with Crippen LogP contribution in [0.2, 0.25) is 0 Å².